The van der Waals surface area contributed by atoms with Crippen LogP contribution in [0, 0.1) is 0 Å². The molecule has 2 aromatic carbocycles. The van der Waals surface area contributed by atoms with Gasteiger partial charge in [-0.05, 0) is 54.4 Å². The highest BCUT2D eigenvalue weighted by Gasteiger charge is 2.21. The SMILES string of the molecule is COCCNC(=O)c1ccc(C(=O)NS(=O)(=O)c2cccc(C(=O)NCCc3ccc(OC)c(OC)c3)c2)cn1. The summed E-state index contributed by atoms with van der Waals surface area (Å²) in [5.41, 5.74) is 1.00. The lowest BCUT2D eigenvalue weighted by Crippen LogP contribution is -2.31. The van der Waals surface area contributed by atoms with Crippen molar-refractivity contribution in [1.29, 1.82) is 0 Å². The smallest absolute Gasteiger partial charge is 0.269 e. The van der Waals surface area contributed by atoms with E-state index in [1.54, 1.807) is 13.2 Å². The van der Waals surface area contributed by atoms with Gasteiger partial charge in [-0.2, -0.15) is 0 Å². The number of amides is 3. The second-order valence-electron chi connectivity index (χ2n) is 8.34. The Kier molecular flexibility index (Phi) is 10.6. The van der Waals surface area contributed by atoms with Crippen molar-refractivity contribution >= 4 is 27.7 Å². The van der Waals surface area contributed by atoms with Crippen LogP contribution in [0.15, 0.2) is 65.7 Å². The number of rotatable bonds is 13. The molecule has 13 heteroatoms. The van der Waals surface area contributed by atoms with Crippen molar-refractivity contribution < 1.29 is 37.0 Å². The minimum Gasteiger partial charge on any atom is -0.493 e. The molecule has 1 aromatic heterocycles. The van der Waals surface area contributed by atoms with E-state index in [-0.39, 0.29) is 34.8 Å². The Balaban J connectivity index is 1.60. The van der Waals surface area contributed by atoms with Gasteiger partial charge >= 0.3 is 0 Å². The molecule has 12 nitrogen and oxygen atoms in total. The normalized spacial score (nSPS) is 10.9. The summed E-state index contributed by atoms with van der Waals surface area (Å²) < 4.78 is 43.0. The number of carbonyl (C=O) groups is 3. The molecular formula is C27H30N4O8S. The van der Waals surface area contributed by atoms with E-state index < -0.39 is 27.7 Å². The molecule has 3 N–H and O–H groups in total. The third-order valence-corrected chi connectivity index (χ3v) is 6.96. The molecule has 0 aliphatic carbocycles. The van der Waals surface area contributed by atoms with Gasteiger partial charge in [-0.25, -0.2) is 13.1 Å². The third-order valence-electron chi connectivity index (χ3n) is 5.63. The van der Waals surface area contributed by atoms with Crippen LogP contribution in [0.25, 0.3) is 0 Å². The van der Waals surface area contributed by atoms with Crippen molar-refractivity contribution in [2.45, 2.75) is 11.3 Å². The number of carbonyl (C=O) groups excluding carboxylic acids is 3. The fraction of sp³-hybridized carbons (Fsp3) is 0.259. The van der Waals surface area contributed by atoms with Crippen LogP contribution in [0.5, 0.6) is 11.5 Å². The first kappa shape index (κ1) is 30.1. The zero-order chi connectivity index (χ0) is 29.1. The largest absolute Gasteiger partial charge is 0.493 e. The van der Waals surface area contributed by atoms with E-state index in [9.17, 15) is 22.8 Å². The number of ether oxygens (including phenoxy) is 3. The number of hydrogen-bond acceptors (Lipinski definition) is 9. The fourth-order valence-electron chi connectivity index (χ4n) is 3.52. The first-order chi connectivity index (χ1) is 19.2. The molecule has 212 valence electrons. The molecule has 0 saturated heterocycles. The van der Waals surface area contributed by atoms with Crippen LogP contribution in [0.2, 0.25) is 0 Å². The maximum atomic E-state index is 12.8. The van der Waals surface area contributed by atoms with Gasteiger partial charge in [-0.1, -0.05) is 12.1 Å². The molecule has 0 aliphatic heterocycles. The van der Waals surface area contributed by atoms with Crippen LogP contribution in [0.3, 0.4) is 0 Å². The summed E-state index contributed by atoms with van der Waals surface area (Å²) in [6.45, 7) is 0.897. The van der Waals surface area contributed by atoms with Crippen molar-refractivity contribution in [1.82, 2.24) is 20.3 Å². The fourth-order valence-corrected chi connectivity index (χ4v) is 4.54. The average Bonchev–Trinajstić information content (AvgIpc) is 2.97. The van der Waals surface area contributed by atoms with E-state index in [1.807, 2.05) is 16.9 Å². The minimum atomic E-state index is -4.31. The van der Waals surface area contributed by atoms with Crippen molar-refractivity contribution in [3.8, 4) is 11.5 Å². The number of hydrogen-bond donors (Lipinski definition) is 3. The summed E-state index contributed by atoms with van der Waals surface area (Å²) >= 11 is 0. The Morgan fingerprint density at radius 3 is 2.23 bits per heavy atom. The summed E-state index contributed by atoms with van der Waals surface area (Å²) in [5.74, 6) is -0.720. The van der Waals surface area contributed by atoms with Gasteiger partial charge in [0.25, 0.3) is 27.7 Å². The van der Waals surface area contributed by atoms with Crippen LogP contribution in [0.4, 0.5) is 0 Å². The van der Waals surface area contributed by atoms with E-state index in [0.29, 0.717) is 24.5 Å². The molecule has 3 amide bonds. The second-order valence-corrected chi connectivity index (χ2v) is 10.0. The molecule has 0 fully saturated rings. The van der Waals surface area contributed by atoms with Gasteiger partial charge in [0.15, 0.2) is 11.5 Å². The zero-order valence-corrected chi connectivity index (χ0v) is 23.0. The number of nitrogens with one attached hydrogen (secondary N) is 3. The number of pyridine rings is 1. The van der Waals surface area contributed by atoms with E-state index in [4.69, 9.17) is 14.2 Å². The van der Waals surface area contributed by atoms with Crippen LogP contribution in [-0.2, 0) is 21.2 Å². The van der Waals surface area contributed by atoms with Gasteiger partial charge in [0.05, 0.1) is 31.3 Å². The molecule has 3 rings (SSSR count). The molecule has 0 aliphatic rings. The van der Waals surface area contributed by atoms with Gasteiger partial charge in [-0.15, -0.1) is 0 Å². The standard InChI is InChI=1S/C27H30N4O8S/c1-37-14-13-29-27(34)22-9-8-20(17-30-22)26(33)31-40(35,36)21-6-4-5-19(16-21)25(32)28-12-11-18-7-10-23(38-2)24(15-18)39-3/h4-10,15-17H,11-14H2,1-3H3,(H,28,32)(H,29,34)(H,31,33). The van der Waals surface area contributed by atoms with Crippen LogP contribution in [0.1, 0.15) is 36.8 Å². The van der Waals surface area contributed by atoms with Crippen LogP contribution in [-0.4, -0.2) is 72.1 Å². The molecule has 3 aromatic rings. The first-order valence-electron chi connectivity index (χ1n) is 12.1. The Bertz CT molecular complexity index is 1460. The molecular weight excluding hydrogens is 540 g/mol. The molecule has 0 saturated carbocycles. The monoisotopic (exact) mass is 570 g/mol. The first-order valence-corrected chi connectivity index (χ1v) is 13.6. The van der Waals surface area contributed by atoms with Crippen LogP contribution < -0.4 is 24.8 Å². The highest BCUT2D eigenvalue weighted by molar-refractivity contribution is 7.90. The quantitative estimate of drug-likeness (QED) is 0.259. The summed E-state index contributed by atoms with van der Waals surface area (Å²) in [5, 5.41) is 5.34. The third kappa shape index (κ3) is 8.01. The maximum absolute atomic E-state index is 12.8. The topological polar surface area (TPSA) is 162 Å². The molecule has 40 heavy (non-hydrogen) atoms. The van der Waals surface area contributed by atoms with Crippen molar-refractivity contribution in [2.75, 3.05) is 41.0 Å². The predicted molar refractivity (Wildman–Crippen MR) is 145 cm³/mol. The Labute approximate surface area is 232 Å². The molecule has 0 bridgehead atoms. The highest BCUT2D eigenvalue weighted by Crippen LogP contribution is 2.27. The van der Waals surface area contributed by atoms with Crippen LogP contribution >= 0.6 is 0 Å². The van der Waals surface area contributed by atoms with Gasteiger partial charge in [0.1, 0.15) is 5.69 Å². The minimum absolute atomic E-state index is 0.0559. The lowest BCUT2D eigenvalue weighted by Gasteiger charge is -2.11. The van der Waals surface area contributed by atoms with E-state index in [2.05, 4.69) is 15.6 Å². The number of aromatic nitrogens is 1. The summed E-state index contributed by atoms with van der Waals surface area (Å²) in [4.78, 5) is 40.9. The summed E-state index contributed by atoms with van der Waals surface area (Å²) in [7, 11) is 0.267. The van der Waals surface area contributed by atoms with Gasteiger partial charge in [0.2, 0.25) is 0 Å². The Morgan fingerprint density at radius 1 is 0.800 bits per heavy atom. The number of benzene rings is 2. The lowest BCUT2D eigenvalue weighted by atomic mass is 10.1. The van der Waals surface area contributed by atoms with Gasteiger partial charge in [0, 0.05) is 32.0 Å². The molecule has 1 heterocycles. The summed E-state index contributed by atoms with van der Waals surface area (Å²) in [6.07, 6.45) is 1.60. The van der Waals surface area contributed by atoms with E-state index in [1.165, 1.54) is 50.6 Å². The van der Waals surface area contributed by atoms with E-state index >= 15 is 0 Å². The van der Waals surface area contributed by atoms with Crippen molar-refractivity contribution in [3.05, 3.63) is 83.2 Å². The van der Waals surface area contributed by atoms with E-state index in [0.717, 1.165) is 11.8 Å². The second kappa shape index (κ2) is 14.1. The Morgan fingerprint density at radius 2 is 1.55 bits per heavy atom. The molecule has 0 atom stereocenters. The number of nitrogens with zero attached hydrogens (tertiary/aromatic N) is 1. The maximum Gasteiger partial charge on any atom is 0.269 e. The van der Waals surface area contributed by atoms with Crippen molar-refractivity contribution in [2.24, 2.45) is 0 Å². The lowest BCUT2D eigenvalue weighted by molar-refractivity contribution is 0.0927. The molecule has 0 radical (unpaired) electrons. The molecule has 0 unspecified atom stereocenters. The number of sulfonamides is 1. The average molecular weight is 571 g/mol. The summed E-state index contributed by atoms with van der Waals surface area (Å²) in [6, 6.07) is 13.3. The highest BCUT2D eigenvalue weighted by atomic mass is 32.2. The number of methoxy groups -OCH3 is 3. The van der Waals surface area contributed by atoms with Gasteiger partial charge < -0.3 is 24.8 Å². The Hall–Kier alpha value is -4.49. The zero-order valence-electron chi connectivity index (χ0n) is 22.2. The van der Waals surface area contributed by atoms with Crippen molar-refractivity contribution in [3.63, 3.8) is 0 Å². The predicted octanol–water partition coefficient (Wildman–Crippen LogP) is 1.57. The van der Waals surface area contributed by atoms with Gasteiger partial charge in [-0.3, -0.25) is 19.4 Å². The molecule has 0 spiro atoms.